The van der Waals surface area contributed by atoms with E-state index in [1.807, 2.05) is 0 Å². The zero-order valence-corrected chi connectivity index (χ0v) is 14.3. The van der Waals surface area contributed by atoms with Crippen molar-refractivity contribution in [2.24, 2.45) is 5.73 Å². The molecular weight excluding hydrogens is 363 g/mol. The zero-order valence-electron chi connectivity index (χ0n) is 12.7. The molecule has 25 heavy (non-hydrogen) atoms. The lowest BCUT2D eigenvalue weighted by molar-refractivity contribution is 0.0997. The maximum absolute atomic E-state index is 12.6. The van der Waals surface area contributed by atoms with Gasteiger partial charge in [-0.2, -0.15) is 0 Å². The predicted octanol–water partition coefficient (Wildman–Crippen LogP) is 3.62. The summed E-state index contributed by atoms with van der Waals surface area (Å²) < 4.78 is 0.904. The molecule has 0 aliphatic heterocycles. The van der Waals surface area contributed by atoms with E-state index in [9.17, 15) is 14.7 Å². The summed E-state index contributed by atoms with van der Waals surface area (Å²) in [6, 6.07) is 14.4. The van der Waals surface area contributed by atoms with Crippen molar-refractivity contribution in [1.82, 2.24) is 4.57 Å². The molecule has 0 aliphatic carbocycles. The minimum absolute atomic E-state index is 0.152. The van der Waals surface area contributed by atoms with Gasteiger partial charge in [0.05, 0.1) is 10.7 Å². The lowest BCUT2D eigenvalue weighted by atomic mass is 10.0. The van der Waals surface area contributed by atoms with Crippen molar-refractivity contribution in [3.8, 4) is 22.7 Å². The number of aromatic nitrogens is 1. The van der Waals surface area contributed by atoms with Crippen molar-refractivity contribution < 1.29 is 9.90 Å². The van der Waals surface area contributed by atoms with Gasteiger partial charge < -0.3 is 10.8 Å². The molecule has 3 rings (SSSR count). The van der Waals surface area contributed by atoms with Crippen LogP contribution < -0.4 is 11.3 Å². The molecule has 0 radical (unpaired) electrons. The maximum Gasteiger partial charge on any atom is 0.258 e. The number of carbonyl (C=O) groups excluding carboxylic acids is 1. The van der Waals surface area contributed by atoms with Crippen LogP contribution >= 0.6 is 23.2 Å². The van der Waals surface area contributed by atoms with Crippen LogP contribution in [0.2, 0.25) is 10.0 Å². The van der Waals surface area contributed by atoms with Crippen LogP contribution in [0.3, 0.4) is 0 Å². The summed E-state index contributed by atoms with van der Waals surface area (Å²) in [5.41, 5.74) is 5.66. The molecule has 0 aliphatic rings. The van der Waals surface area contributed by atoms with Gasteiger partial charge in [0.2, 0.25) is 5.88 Å². The highest BCUT2D eigenvalue weighted by molar-refractivity contribution is 6.34. The van der Waals surface area contributed by atoms with Gasteiger partial charge in [-0.25, -0.2) is 4.57 Å². The molecule has 0 bridgehead atoms. The number of aromatic hydroxyl groups is 1. The fraction of sp³-hybridized carbons (Fsp3) is 0. The van der Waals surface area contributed by atoms with E-state index in [1.54, 1.807) is 36.4 Å². The second-order valence-corrected chi connectivity index (χ2v) is 6.10. The summed E-state index contributed by atoms with van der Waals surface area (Å²) in [7, 11) is 0. The van der Waals surface area contributed by atoms with Crippen molar-refractivity contribution >= 4 is 29.1 Å². The lowest BCUT2D eigenvalue weighted by Crippen LogP contribution is -2.23. The summed E-state index contributed by atoms with van der Waals surface area (Å²) in [5.74, 6) is -1.47. The third kappa shape index (κ3) is 3.12. The van der Waals surface area contributed by atoms with Gasteiger partial charge in [-0.3, -0.25) is 9.59 Å². The Hall–Kier alpha value is -2.76. The van der Waals surface area contributed by atoms with Gasteiger partial charge in [0, 0.05) is 16.7 Å². The average Bonchev–Trinajstić information content (AvgIpc) is 2.57. The molecule has 0 saturated carbocycles. The number of rotatable bonds is 3. The van der Waals surface area contributed by atoms with Gasteiger partial charge in [-0.15, -0.1) is 0 Å². The Morgan fingerprint density at radius 3 is 2.36 bits per heavy atom. The number of pyridine rings is 1. The first-order valence-corrected chi connectivity index (χ1v) is 7.95. The standard InChI is InChI=1S/C18H12Cl2N2O3/c19-11-6-7-13(20)14(8-11)22-15(23)9-12(10-4-2-1-3-5-10)16(17(21)24)18(22)25/h1-9,25H,(H2,21,24). The predicted molar refractivity (Wildman–Crippen MR) is 97.7 cm³/mol. The molecule has 7 heteroatoms. The molecule has 0 saturated heterocycles. The van der Waals surface area contributed by atoms with Gasteiger partial charge in [0.25, 0.3) is 11.5 Å². The number of hydrogen-bond donors (Lipinski definition) is 2. The number of hydrogen-bond acceptors (Lipinski definition) is 3. The third-order valence-corrected chi connectivity index (χ3v) is 4.23. The van der Waals surface area contributed by atoms with Crippen LogP contribution in [0, 0.1) is 0 Å². The van der Waals surface area contributed by atoms with Crippen LogP contribution in [0.15, 0.2) is 59.4 Å². The molecule has 5 nitrogen and oxygen atoms in total. The second kappa shape index (κ2) is 6.63. The summed E-state index contributed by atoms with van der Waals surface area (Å²) in [6.45, 7) is 0. The van der Waals surface area contributed by atoms with Crippen molar-refractivity contribution in [2.75, 3.05) is 0 Å². The number of halogens is 2. The fourth-order valence-electron chi connectivity index (χ4n) is 2.58. The van der Waals surface area contributed by atoms with Crippen LogP contribution in [-0.2, 0) is 0 Å². The third-order valence-electron chi connectivity index (χ3n) is 3.67. The highest BCUT2D eigenvalue weighted by Gasteiger charge is 2.22. The first-order valence-electron chi connectivity index (χ1n) is 7.20. The van der Waals surface area contributed by atoms with Gasteiger partial charge in [0.1, 0.15) is 5.56 Å². The largest absolute Gasteiger partial charge is 0.494 e. The van der Waals surface area contributed by atoms with Crippen LogP contribution in [0.4, 0.5) is 0 Å². The Morgan fingerprint density at radius 1 is 1.04 bits per heavy atom. The van der Waals surface area contributed by atoms with Crippen molar-refractivity contribution in [3.05, 3.63) is 80.6 Å². The summed E-state index contributed by atoms with van der Waals surface area (Å²) in [6.07, 6.45) is 0. The smallest absolute Gasteiger partial charge is 0.258 e. The Morgan fingerprint density at radius 2 is 1.72 bits per heavy atom. The van der Waals surface area contributed by atoms with Crippen LogP contribution in [0.5, 0.6) is 5.88 Å². The molecule has 1 amide bonds. The Bertz CT molecular complexity index is 1030. The monoisotopic (exact) mass is 374 g/mol. The van der Waals surface area contributed by atoms with Gasteiger partial charge >= 0.3 is 0 Å². The number of nitrogens with two attached hydrogens (primary N) is 1. The number of carbonyl (C=O) groups is 1. The minimum Gasteiger partial charge on any atom is -0.494 e. The molecule has 1 aromatic heterocycles. The van der Waals surface area contributed by atoms with E-state index in [4.69, 9.17) is 28.9 Å². The van der Waals surface area contributed by atoms with E-state index >= 15 is 0 Å². The van der Waals surface area contributed by atoms with Crippen LogP contribution in [0.1, 0.15) is 10.4 Å². The molecule has 0 atom stereocenters. The first kappa shape index (κ1) is 17.1. The van der Waals surface area contributed by atoms with Crippen LogP contribution in [0.25, 0.3) is 16.8 Å². The highest BCUT2D eigenvalue weighted by atomic mass is 35.5. The zero-order chi connectivity index (χ0) is 18.1. The average molecular weight is 375 g/mol. The molecule has 3 aromatic rings. The Balaban J connectivity index is 2.38. The van der Waals surface area contributed by atoms with Crippen molar-refractivity contribution in [3.63, 3.8) is 0 Å². The molecule has 3 N–H and O–H groups in total. The normalized spacial score (nSPS) is 10.6. The molecule has 1 heterocycles. The Labute approximate surface area is 152 Å². The minimum atomic E-state index is -0.872. The maximum atomic E-state index is 12.6. The van der Waals surface area contributed by atoms with Crippen molar-refractivity contribution in [1.29, 1.82) is 0 Å². The quantitative estimate of drug-likeness (QED) is 0.733. The van der Waals surface area contributed by atoms with Crippen molar-refractivity contribution in [2.45, 2.75) is 0 Å². The molecule has 126 valence electrons. The van der Waals surface area contributed by atoms with Crippen LogP contribution in [-0.4, -0.2) is 15.6 Å². The molecule has 0 fully saturated rings. The summed E-state index contributed by atoms with van der Waals surface area (Å²) in [5, 5.41) is 11.1. The van der Waals surface area contributed by atoms with E-state index < -0.39 is 17.3 Å². The highest BCUT2D eigenvalue weighted by Crippen LogP contribution is 2.32. The van der Waals surface area contributed by atoms with Gasteiger partial charge in [-0.05, 0) is 23.8 Å². The number of amides is 1. The first-order chi connectivity index (χ1) is 11.9. The Kier molecular flexibility index (Phi) is 4.53. The summed E-state index contributed by atoms with van der Waals surface area (Å²) >= 11 is 12.1. The SMILES string of the molecule is NC(=O)c1c(-c2ccccc2)cc(=O)n(-c2cc(Cl)ccc2Cl)c1O. The van der Waals surface area contributed by atoms with Gasteiger partial charge in [-0.1, -0.05) is 53.5 Å². The van der Waals surface area contributed by atoms with E-state index in [-0.39, 0.29) is 21.8 Å². The lowest BCUT2D eigenvalue weighted by Gasteiger charge is -2.16. The molecule has 2 aromatic carbocycles. The molecular formula is C18H12Cl2N2O3. The topological polar surface area (TPSA) is 85.3 Å². The second-order valence-electron chi connectivity index (χ2n) is 5.26. The van der Waals surface area contributed by atoms with E-state index in [1.165, 1.54) is 18.2 Å². The van der Waals surface area contributed by atoms with E-state index in [0.717, 1.165) is 4.57 Å². The van der Waals surface area contributed by atoms with Gasteiger partial charge in [0.15, 0.2) is 0 Å². The molecule has 0 spiro atoms. The van der Waals surface area contributed by atoms with E-state index in [0.29, 0.717) is 10.6 Å². The number of nitrogens with zero attached hydrogens (tertiary/aromatic N) is 1. The fourth-order valence-corrected chi connectivity index (χ4v) is 2.94. The number of primary amides is 1. The number of benzene rings is 2. The molecule has 0 unspecified atom stereocenters. The van der Waals surface area contributed by atoms with E-state index in [2.05, 4.69) is 0 Å². The summed E-state index contributed by atoms with van der Waals surface area (Å²) in [4.78, 5) is 24.6.